The van der Waals surface area contributed by atoms with Crippen molar-refractivity contribution in [2.75, 3.05) is 6.61 Å². The van der Waals surface area contributed by atoms with Gasteiger partial charge in [-0.15, -0.1) is 0 Å². The molecule has 0 aromatic rings. The highest BCUT2D eigenvalue weighted by atomic mass is 16.7. The van der Waals surface area contributed by atoms with Gasteiger partial charge in [0.1, 0.15) is 6.10 Å². The normalized spacial score (nSPS) is 52.8. The Labute approximate surface area is 210 Å². The van der Waals surface area contributed by atoms with Crippen LogP contribution in [0.15, 0.2) is 11.6 Å². The van der Waals surface area contributed by atoms with Crippen LogP contribution < -0.4 is 0 Å². The van der Waals surface area contributed by atoms with E-state index >= 15 is 0 Å². The van der Waals surface area contributed by atoms with Crippen LogP contribution in [0.1, 0.15) is 92.4 Å². The summed E-state index contributed by atoms with van der Waals surface area (Å²) in [6.07, 6.45) is 10.9. The first-order valence-electron chi connectivity index (χ1n) is 14.4. The summed E-state index contributed by atoms with van der Waals surface area (Å²) in [6, 6.07) is 0. The molecular weight excluding hydrogens is 440 g/mol. The van der Waals surface area contributed by atoms with Gasteiger partial charge < -0.3 is 14.2 Å². The van der Waals surface area contributed by atoms with Gasteiger partial charge in [0.05, 0.1) is 12.7 Å². The van der Waals surface area contributed by atoms with Crippen molar-refractivity contribution in [3.8, 4) is 0 Å². The molecule has 11 unspecified atom stereocenters. The van der Waals surface area contributed by atoms with Crippen LogP contribution in [0, 0.1) is 46.3 Å². The zero-order chi connectivity index (χ0) is 24.8. The number of carbonyl (C=O) groups excluding carboxylic acids is 2. The van der Waals surface area contributed by atoms with Crippen molar-refractivity contribution in [3.05, 3.63) is 11.6 Å². The van der Waals surface area contributed by atoms with Crippen LogP contribution >= 0.6 is 0 Å². The molecule has 0 radical (unpaired) electrons. The third kappa shape index (κ3) is 3.32. The highest BCUT2D eigenvalue weighted by Crippen LogP contribution is 2.69. The zero-order valence-corrected chi connectivity index (χ0v) is 22.3. The minimum atomic E-state index is -0.488. The Morgan fingerprint density at radius 1 is 1.11 bits per heavy atom. The molecule has 11 atom stereocenters. The van der Waals surface area contributed by atoms with Crippen LogP contribution in [0.4, 0.5) is 0 Å². The third-order valence-electron chi connectivity index (χ3n) is 11.7. The van der Waals surface area contributed by atoms with Crippen molar-refractivity contribution in [1.82, 2.24) is 0 Å². The first-order valence-corrected chi connectivity index (χ1v) is 14.4. The zero-order valence-electron chi connectivity index (χ0n) is 22.3. The van der Waals surface area contributed by atoms with Crippen LogP contribution in [0.5, 0.6) is 0 Å². The fraction of sp³-hybridized carbons (Fsp3) is 0.867. The van der Waals surface area contributed by atoms with Gasteiger partial charge in [0.2, 0.25) is 0 Å². The summed E-state index contributed by atoms with van der Waals surface area (Å²) in [7, 11) is 0. The van der Waals surface area contributed by atoms with E-state index in [2.05, 4.69) is 33.8 Å². The molecule has 6 rings (SSSR count). The number of carbonyl (C=O) groups is 2. The number of rotatable bonds is 2. The molecule has 2 heterocycles. The third-order valence-corrected chi connectivity index (χ3v) is 11.7. The van der Waals surface area contributed by atoms with Gasteiger partial charge in [0.15, 0.2) is 11.6 Å². The van der Waals surface area contributed by atoms with E-state index in [1.165, 1.54) is 5.57 Å². The molecule has 4 aliphatic carbocycles. The first kappa shape index (κ1) is 24.2. The molecule has 5 nitrogen and oxygen atoms in total. The van der Waals surface area contributed by atoms with E-state index in [1.807, 2.05) is 6.92 Å². The van der Waals surface area contributed by atoms with Gasteiger partial charge in [-0.25, -0.2) is 0 Å². The Bertz CT molecular complexity index is 931. The molecule has 0 bridgehead atoms. The molecule has 3 saturated carbocycles. The maximum Gasteiger partial charge on any atom is 0.305 e. The van der Waals surface area contributed by atoms with Gasteiger partial charge in [-0.1, -0.05) is 40.2 Å². The van der Waals surface area contributed by atoms with E-state index in [-0.39, 0.29) is 40.8 Å². The second-order valence-corrected chi connectivity index (χ2v) is 13.4. The minimum absolute atomic E-state index is 0.0386. The van der Waals surface area contributed by atoms with Gasteiger partial charge in [-0.05, 0) is 80.1 Å². The molecule has 0 amide bonds. The predicted octanol–water partition coefficient (Wildman–Crippen LogP) is 5.85. The summed E-state index contributed by atoms with van der Waals surface area (Å²) in [5.41, 5.74) is 1.10. The number of hydrogen-bond acceptors (Lipinski definition) is 5. The number of hydrogen-bond donors (Lipinski definition) is 0. The lowest BCUT2D eigenvalue weighted by Crippen LogP contribution is -2.53. The van der Waals surface area contributed by atoms with Crippen LogP contribution in [0.25, 0.3) is 0 Å². The number of fused-ring (bicyclic) bond motifs is 7. The van der Waals surface area contributed by atoms with E-state index in [4.69, 9.17) is 14.2 Å². The van der Waals surface area contributed by atoms with E-state index in [0.717, 1.165) is 58.0 Å². The van der Waals surface area contributed by atoms with Crippen LogP contribution in [-0.2, 0) is 23.8 Å². The van der Waals surface area contributed by atoms with Gasteiger partial charge in [-0.2, -0.15) is 0 Å². The van der Waals surface area contributed by atoms with Gasteiger partial charge in [0.25, 0.3) is 0 Å². The van der Waals surface area contributed by atoms with E-state index in [0.29, 0.717) is 35.9 Å². The molecule has 1 spiro atoms. The van der Waals surface area contributed by atoms with Gasteiger partial charge in [-0.3, -0.25) is 9.59 Å². The lowest BCUT2D eigenvalue weighted by molar-refractivity contribution is -0.271. The molecule has 0 aromatic heterocycles. The van der Waals surface area contributed by atoms with E-state index in [9.17, 15) is 9.59 Å². The summed E-state index contributed by atoms with van der Waals surface area (Å²) in [5, 5.41) is 0. The Morgan fingerprint density at radius 2 is 1.91 bits per heavy atom. The van der Waals surface area contributed by atoms with Crippen molar-refractivity contribution in [1.29, 1.82) is 0 Å². The maximum atomic E-state index is 14.1. The molecule has 5 fully saturated rings. The monoisotopic (exact) mass is 484 g/mol. The quantitative estimate of drug-likeness (QED) is 0.460. The molecule has 0 aromatic carbocycles. The topological polar surface area (TPSA) is 61.8 Å². The lowest BCUT2D eigenvalue weighted by Gasteiger charge is -2.56. The Hall–Kier alpha value is -1.20. The minimum Gasteiger partial charge on any atom is -0.462 e. The highest BCUT2D eigenvalue weighted by Gasteiger charge is 2.70. The maximum absolute atomic E-state index is 14.1. The number of esters is 1. The van der Waals surface area contributed by atoms with Crippen LogP contribution in [-0.4, -0.2) is 36.4 Å². The predicted molar refractivity (Wildman–Crippen MR) is 132 cm³/mol. The molecule has 2 saturated heterocycles. The highest BCUT2D eigenvalue weighted by molar-refractivity contribution is 5.97. The largest absolute Gasteiger partial charge is 0.462 e. The average Bonchev–Trinajstić information content (AvgIpc) is 3.28. The number of ketones is 1. The van der Waals surface area contributed by atoms with Crippen molar-refractivity contribution in [3.63, 3.8) is 0 Å². The molecular formula is C30H44O5. The summed E-state index contributed by atoms with van der Waals surface area (Å²) in [4.78, 5) is 26.0. The van der Waals surface area contributed by atoms with Crippen LogP contribution in [0.3, 0.4) is 0 Å². The summed E-state index contributed by atoms with van der Waals surface area (Å²) < 4.78 is 19.0. The SMILES string of the molecule is CCC(=O)OC1CCC2(C)C3=CC(=O)C4(C)C(CC5OC6(CCC(C)CO6)C(C)C54)C3CCC2C1. The molecule has 35 heavy (non-hydrogen) atoms. The van der Waals surface area contributed by atoms with Crippen molar-refractivity contribution in [2.24, 2.45) is 46.3 Å². The van der Waals surface area contributed by atoms with Gasteiger partial charge in [0, 0.05) is 30.1 Å². The number of allylic oxidation sites excluding steroid dienone is 2. The van der Waals surface area contributed by atoms with E-state index in [1.54, 1.807) is 0 Å². The standard InChI is InChI=1S/C30H44O5/c1-6-26(32)34-20-10-11-28(4)19(13-20)7-8-21-22(28)15-25(31)29(5)23(21)14-24-27(29)18(3)30(35-24)12-9-17(2)16-33-30/h15,17-21,23-24,27H,6-14,16H2,1-5H3. The molecule has 5 heteroatoms. The van der Waals surface area contributed by atoms with Crippen molar-refractivity contribution >= 4 is 11.8 Å². The average molecular weight is 485 g/mol. The fourth-order valence-corrected chi connectivity index (χ4v) is 9.64. The fourth-order valence-electron chi connectivity index (χ4n) is 9.64. The Balaban J connectivity index is 1.27. The van der Waals surface area contributed by atoms with Crippen molar-refractivity contribution in [2.45, 2.75) is 110 Å². The smallest absolute Gasteiger partial charge is 0.305 e. The second kappa shape index (κ2) is 8.15. The van der Waals surface area contributed by atoms with Crippen molar-refractivity contribution < 1.29 is 23.8 Å². The lowest BCUT2D eigenvalue weighted by atomic mass is 9.48. The molecule has 2 aliphatic heterocycles. The summed E-state index contributed by atoms with van der Waals surface area (Å²) in [5.74, 6) is 2.14. The first-order chi connectivity index (χ1) is 16.6. The van der Waals surface area contributed by atoms with Gasteiger partial charge >= 0.3 is 5.97 Å². The summed E-state index contributed by atoms with van der Waals surface area (Å²) >= 11 is 0. The molecule has 0 N–H and O–H groups in total. The Kier molecular flexibility index (Phi) is 5.62. The summed E-state index contributed by atoms with van der Waals surface area (Å²) in [6.45, 7) is 11.8. The van der Waals surface area contributed by atoms with Crippen LogP contribution in [0.2, 0.25) is 0 Å². The second-order valence-electron chi connectivity index (χ2n) is 13.4. The van der Waals surface area contributed by atoms with E-state index < -0.39 is 5.79 Å². The molecule has 6 aliphatic rings. The Morgan fingerprint density at radius 3 is 2.63 bits per heavy atom. The number of ether oxygens (including phenoxy) is 3. The molecule has 194 valence electrons.